The van der Waals surface area contributed by atoms with Gasteiger partial charge in [-0.1, -0.05) is 248 Å². The Morgan fingerprint density at radius 2 is 1.05 bits per heavy atom. The predicted octanol–water partition coefficient (Wildman–Crippen LogP) is 15.3. The maximum atomic E-state index is 9.34. The largest absolute Gasteiger partial charge is 0.458 e. The van der Waals surface area contributed by atoms with Crippen molar-refractivity contribution in [2.24, 2.45) is 0 Å². The fourth-order valence-electron chi connectivity index (χ4n) is 11.3. The molecule has 0 fully saturated rings. The van der Waals surface area contributed by atoms with Crippen molar-refractivity contribution >= 4 is 61.7 Å². The van der Waals surface area contributed by atoms with E-state index in [4.69, 9.17) is 17.9 Å². The lowest BCUT2D eigenvalue weighted by Gasteiger charge is -2.34. The van der Waals surface area contributed by atoms with Crippen molar-refractivity contribution in [2.75, 3.05) is 0 Å². The summed E-state index contributed by atoms with van der Waals surface area (Å²) in [5, 5.41) is 7.14. The van der Waals surface area contributed by atoms with Crippen LogP contribution in [0, 0.1) is 6.33 Å². The van der Waals surface area contributed by atoms with Gasteiger partial charge in [-0.3, -0.25) is 13.7 Å². The van der Waals surface area contributed by atoms with Gasteiger partial charge in [0.25, 0.3) is 6.33 Å². The molecule has 13 aromatic rings. The molecule has 0 saturated carbocycles. The minimum absolute atomic E-state index is 0.125. The van der Waals surface area contributed by atoms with Crippen molar-refractivity contribution in [3.05, 3.63) is 284 Å². The van der Waals surface area contributed by atoms with Gasteiger partial charge in [-0.2, -0.15) is 0 Å². The van der Waals surface area contributed by atoms with Crippen LogP contribution >= 0.6 is 0 Å². The lowest BCUT2D eigenvalue weighted by Crippen LogP contribution is -2.74. The molecule has 0 atom stereocenters. The summed E-state index contributed by atoms with van der Waals surface area (Å²) in [4.78, 5) is 5.05. The molecule has 13 rings (SSSR count). The second-order valence-corrected chi connectivity index (χ2v) is 26.1. The molecule has 5 nitrogen and oxygen atoms in total. The zero-order valence-electron chi connectivity index (χ0n) is 55.3. The van der Waals surface area contributed by atoms with Gasteiger partial charge in [0.15, 0.2) is 8.07 Å². The van der Waals surface area contributed by atoms with Gasteiger partial charge >= 0.3 is 0 Å². The molecular formula is C74H62N4OSi. The average molecular weight is 1060 g/mol. The van der Waals surface area contributed by atoms with Crippen LogP contribution in [0.1, 0.15) is 66.4 Å². The summed E-state index contributed by atoms with van der Waals surface area (Å²) in [6.07, 6.45) is 5.42. The first-order valence-electron chi connectivity index (χ1n) is 31.9. The standard InChI is InChI=1S/C74H62N4OSi/c1-73(2,3)54-43-44-75-71(47-54)78-67-42-40-62(80(59-31-16-9-17-32-59,60-33-18-10-19-34-60)61-35-20-11-21-36-61)50-66(67)63-41-39-58(49-70(63)78)79-57-30-24-29-56(48-57)76-51-77(69-38-23-22-37-68(69)76)72-64(52-25-12-7-13-26-52)45-55(74(4,5)6)46-65(72)53-27-14-8-15-28-53/h7-50H,1-6H3/i7D,8D,12D,13D,14D,15D,25D,26D,27D,28D. The van der Waals surface area contributed by atoms with E-state index in [2.05, 4.69) is 165 Å². The van der Waals surface area contributed by atoms with E-state index in [-0.39, 0.29) is 33.4 Å². The molecule has 388 valence electrons. The predicted molar refractivity (Wildman–Crippen MR) is 334 cm³/mol. The van der Waals surface area contributed by atoms with Crippen molar-refractivity contribution in [2.45, 2.75) is 52.4 Å². The first kappa shape index (κ1) is 39.9. The third-order valence-electron chi connectivity index (χ3n) is 15.2. The van der Waals surface area contributed by atoms with Crippen LogP contribution in [-0.2, 0) is 10.8 Å². The van der Waals surface area contributed by atoms with E-state index in [9.17, 15) is 5.48 Å². The number of hydrogen-bond acceptors (Lipinski definition) is 2. The summed E-state index contributed by atoms with van der Waals surface area (Å²) < 4.78 is 102. The van der Waals surface area contributed by atoms with E-state index in [0.717, 1.165) is 33.2 Å². The Bertz CT molecular complexity index is 4770. The highest BCUT2D eigenvalue weighted by molar-refractivity contribution is 7.20. The Morgan fingerprint density at radius 3 is 1.65 bits per heavy atom. The zero-order chi connectivity index (χ0) is 63.3. The van der Waals surface area contributed by atoms with Crippen molar-refractivity contribution in [1.29, 1.82) is 0 Å². The number of para-hydroxylation sites is 2. The molecule has 0 aliphatic rings. The molecule has 10 aromatic carbocycles. The Hall–Kier alpha value is -9.36. The van der Waals surface area contributed by atoms with Crippen molar-refractivity contribution in [3.63, 3.8) is 0 Å². The topological polar surface area (TPSA) is 35.9 Å². The molecule has 0 amide bonds. The Balaban J connectivity index is 0.999. The molecule has 0 saturated heterocycles. The normalized spacial score (nSPS) is 13.9. The summed E-state index contributed by atoms with van der Waals surface area (Å²) in [5.41, 5.74) is 4.95. The van der Waals surface area contributed by atoms with Gasteiger partial charge in [-0.15, -0.1) is 0 Å². The lowest BCUT2D eigenvalue weighted by atomic mass is 9.82. The molecule has 3 aromatic heterocycles. The Kier molecular flexibility index (Phi) is 10.0. The van der Waals surface area contributed by atoms with Gasteiger partial charge in [-0.05, 0) is 113 Å². The summed E-state index contributed by atoms with van der Waals surface area (Å²) in [6, 6.07) is 63.5. The maximum absolute atomic E-state index is 9.34. The van der Waals surface area contributed by atoms with E-state index < -0.39 is 73.9 Å². The van der Waals surface area contributed by atoms with Crippen LogP contribution < -0.4 is 30.1 Å². The van der Waals surface area contributed by atoms with Crippen molar-refractivity contribution < 1.29 is 23.0 Å². The number of benzene rings is 10. The highest BCUT2D eigenvalue weighted by atomic mass is 28.3. The number of pyridine rings is 1. The summed E-state index contributed by atoms with van der Waals surface area (Å²) >= 11 is 0. The van der Waals surface area contributed by atoms with E-state index in [0.29, 0.717) is 33.8 Å². The highest BCUT2D eigenvalue weighted by Gasteiger charge is 2.41. The van der Waals surface area contributed by atoms with Gasteiger partial charge in [-0.25, -0.2) is 4.98 Å². The second-order valence-electron chi connectivity index (χ2n) is 22.3. The van der Waals surface area contributed by atoms with Gasteiger partial charge in [0.2, 0.25) is 0 Å². The van der Waals surface area contributed by atoms with E-state index >= 15 is 0 Å². The SMILES string of the molecule is [2H]c1c([2H])c([2H])c(-c2cc(C(C)(C)C)cc(-c3c([2H])c([2H])c([2H])c([2H])c3[2H])c2-[n+]2[c-]n(-c3cccc(Oc4ccc5c6cc([Si](c7ccccc7)(c7ccccc7)c7ccccc7)ccc6n(-c6cc(C(C)(C)C)ccn6)c5c4)c3)c3ccccc32)c([2H])c1[2H]. The zero-order valence-corrected chi connectivity index (χ0v) is 46.3. The quantitative estimate of drug-likeness (QED) is 0.0560. The number of ether oxygens (including phenoxy) is 1. The molecule has 0 unspecified atom stereocenters. The van der Waals surface area contributed by atoms with Crippen LogP contribution in [0.4, 0.5) is 0 Å². The highest BCUT2D eigenvalue weighted by Crippen LogP contribution is 2.40. The summed E-state index contributed by atoms with van der Waals surface area (Å²) in [7, 11) is -2.93. The number of fused-ring (bicyclic) bond motifs is 4. The molecule has 80 heavy (non-hydrogen) atoms. The number of hydrogen-bond donors (Lipinski definition) is 0. The first-order valence-corrected chi connectivity index (χ1v) is 28.9. The third-order valence-corrected chi connectivity index (χ3v) is 20.0. The van der Waals surface area contributed by atoms with Crippen molar-refractivity contribution in [3.8, 4) is 50.9 Å². The molecule has 0 bridgehead atoms. The number of rotatable bonds is 11. The van der Waals surface area contributed by atoms with Crippen LogP contribution in [0.25, 0.3) is 72.3 Å². The number of nitrogens with zero attached hydrogens (tertiary/aromatic N) is 4. The average Bonchev–Trinajstić information content (AvgIpc) is 1.29. The Labute approximate surface area is 484 Å². The van der Waals surface area contributed by atoms with Gasteiger partial charge < -0.3 is 4.74 Å². The van der Waals surface area contributed by atoms with Crippen LogP contribution in [0.3, 0.4) is 0 Å². The molecule has 0 radical (unpaired) electrons. The molecule has 0 aliphatic heterocycles. The number of imidazole rings is 1. The van der Waals surface area contributed by atoms with Gasteiger partial charge in [0, 0.05) is 23.0 Å². The van der Waals surface area contributed by atoms with Crippen LogP contribution in [0.5, 0.6) is 11.5 Å². The van der Waals surface area contributed by atoms with Gasteiger partial charge in [0.1, 0.15) is 17.3 Å². The molecule has 0 N–H and O–H groups in total. The molecule has 0 spiro atoms. The minimum atomic E-state index is -2.93. The minimum Gasteiger partial charge on any atom is -0.458 e. The second kappa shape index (κ2) is 20.1. The Morgan fingerprint density at radius 1 is 0.475 bits per heavy atom. The van der Waals surface area contributed by atoms with Crippen LogP contribution in [0.15, 0.2) is 267 Å². The monoisotopic (exact) mass is 1060 g/mol. The fourth-order valence-corrected chi connectivity index (χ4v) is 16.1. The van der Waals surface area contributed by atoms with Gasteiger partial charge in [0.05, 0.1) is 47.1 Å². The van der Waals surface area contributed by atoms with Crippen LogP contribution in [0.2, 0.25) is 0 Å². The third kappa shape index (κ3) is 8.92. The summed E-state index contributed by atoms with van der Waals surface area (Å²) in [5.74, 6) is 1.84. The van der Waals surface area contributed by atoms with E-state index in [1.165, 1.54) is 20.7 Å². The maximum Gasteiger partial charge on any atom is 0.269 e. The molecule has 3 heterocycles. The molecule has 6 heteroatoms. The van der Waals surface area contributed by atoms with E-state index in [1.54, 1.807) is 16.7 Å². The van der Waals surface area contributed by atoms with Crippen LogP contribution in [-0.4, -0.2) is 22.2 Å². The fraction of sp³-hybridized carbons (Fsp3) is 0.108. The molecular weight excluding hydrogens is 989 g/mol. The van der Waals surface area contributed by atoms with E-state index in [1.807, 2.05) is 86.1 Å². The van der Waals surface area contributed by atoms with Crippen molar-refractivity contribution in [1.82, 2.24) is 14.1 Å². The smallest absolute Gasteiger partial charge is 0.269 e. The lowest BCUT2D eigenvalue weighted by molar-refractivity contribution is -0.571. The number of aromatic nitrogens is 4. The first-order chi connectivity index (χ1) is 43.1. The summed E-state index contributed by atoms with van der Waals surface area (Å²) in [6.45, 7) is 12.5. The molecule has 0 aliphatic carbocycles.